The van der Waals surface area contributed by atoms with E-state index in [0.717, 1.165) is 43.3 Å². The van der Waals surface area contributed by atoms with Crippen molar-refractivity contribution in [1.29, 1.82) is 0 Å². The fourth-order valence-electron chi connectivity index (χ4n) is 3.59. The molecule has 2 aliphatic rings. The summed E-state index contributed by atoms with van der Waals surface area (Å²) >= 11 is 0. The van der Waals surface area contributed by atoms with Gasteiger partial charge in [0.2, 0.25) is 0 Å². The normalized spacial score (nSPS) is 19.1. The predicted octanol–water partition coefficient (Wildman–Crippen LogP) is 1.96. The van der Waals surface area contributed by atoms with Crippen LogP contribution in [-0.4, -0.2) is 55.3 Å². The maximum atomic E-state index is 12.8. The molecule has 27 heavy (non-hydrogen) atoms. The molecule has 0 N–H and O–H groups in total. The predicted molar refractivity (Wildman–Crippen MR) is 98.0 cm³/mol. The minimum atomic E-state index is -3.37. The van der Waals surface area contributed by atoms with E-state index in [1.165, 1.54) is 12.1 Å². The zero-order valence-electron chi connectivity index (χ0n) is 15.2. The smallest absolute Gasteiger partial charge is 0.329 e. The molecule has 146 valence electrons. The Kier molecular flexibility index (Phi) is 5.64. The summed E-state index contributed by atoms with van der Waals surface area (Å²) in [4.78, 5) is 39.1. The minimum Gasteiger partial charge on any atom is -0.461 e. The van der Waals surface area contributed by atoms with Gasteiger partial charge in [0, 0.05) is 6.26 Å². The van der Waals surface area contributed by atoms with Gasteiger partial charge in [-0.3, -0.25) is 14.5 Å². The second kappa shape index (κ2) is 7.80. The van der Waals surface area contributed by atoms with Gasteiger partial charge in [-0.2, -0.15) is 0 Å². The molecule has 0 bridgehead atoms. The molecule has 0 radical (unpaired) electrons. The molecule has 1 heterocycles. The molecule has 1 saturated carbocycles. The van der Waals surface area contributed by atoms with Crippen molar-refractivity contribution < 1.29 is 27.5 Å². The Morgan fingerprint density at radius 2 is 1.67 bits per heavy atom. The maximum Gasteiger partial charge on any atom is 0.329 e. The van der Waals surface area contributed by atoms with Crippen LogP contribution >= 0.6 is 0 Å². The number of hydrogen-bond donors (Lipinski definition) is 0. The third-order valence-electron chi connectivity index (χ3n) is 5.01. The summed E-state index contributed by atoms with van der Waals surface area (Å²) in [7, 11) is -3.37. The molecule has 1 fully saturated rings. The third-order valence-corrected chi connectivity index (χ3v) is 5.98. The van der Waals surface area contributed by atoms with Gasteiger partial charge in [-0.25, -0.2) is 13.2 Å². The van der Waals surface area contributed by atoms with Crippen molar-refractivity contribution in [2.75, 3.05) is 12.0 Å². The molecule has 1 aromatic rings. The first-order chi connectivity index (χ1) is 12.8. The van der Waals surface area contributed by atoms with E-state index in [9.17, 15) is 22.8 Å². The lowest BCUT2D eigenvalue weighted by Crippen LogP contribution is -2.47. The topological polar surface area (TPSA) is 97.8 Å². The Balaban J connectivity index is 1.84. The number of rotatable bonds is 6. The first kappa shape index (κ1) is 19.5. The summed E-state index contributed by atoms with van der Waals surface area (Å²) in [6.45, 7) is 0. The number of carbonyl (C=O) groups excluding carboxylic acids is 3. The Hall–Kier alpha value is -2.22. The number of fused-ring (bicyclic) bond motifs is 1. The molecule has 0 spiro atoms. The lowest BCUT2D eigenvalue weighted by atomic mass is 9.98. The van der Waals surface area contributed by atoms with Gasteiger partial charge >= 0.3 is 5.97 Å². The number of amides is 2. The van der Waals surface area contributed by atoms with Crippen LogP contribution in [0.1, 0.15) is 59.2 Å². The van der Waals surface area contributed by atoms with E-state index in [-0.39, 0.29) is 29.4 Å². The van der Waals surface area contributed by atoms with E-state index in [1.54, 1.807) is 12.1 Å². The van der Waals surface area contributed by atoms with Crippen molar-refractivity contribution >= 4 is 27.6 Å². The Morgan fingerprint density at radius 1 is 1.11 bits per heavy atom. The van der Waals surface area contributed by atoms with Gasteiger partial charge in [0.1, 0.15) is 22.0 Å². The van der Waals surface area contributed by atoms with Crippen molar-refractivity contribution in [3.05, 3.63) is 35.4 Å². The van der Waals surface area contributed by atoms with Crippen LogP contribution in [0, 0.1) is 0 Å². The number of benzene rings is 1. The van der Waals surface area contributed by atoms with Crippen LogP contribution in [0.4, 0.5) is 0 Å². The Labute approximate surface area is 158 Å². The molecule has 1 aliphatic carbocycles. The van der Waals surface area contributed by atoms with Crippen LogP contribution < -0.4 is 0 Å². The number of esters is 1. The monoisotopic (exact) mass is 393 g/mol. The van der Waals surface area contributed by atoms with E-state index in [1.807, 2.05) is 0 Å². The minimum absolute atomic E-state index is 0.171. The third kappa shape index (κ3) is 4.37. The van der Waals surface area contributed by atoms with Crippen molar-refractivity contribution in [2.24, 2.45) is 0 Å². The quantitative estimate of drug-likeness (QED) is 0.541. The fourth-order valence-corrected chi connectivity index (χ4v) is 4.25. The number of sulfone groups is 1. The van der Waals surface area contributed by atoms with E-state index < -0.39 is 33.7 Å². The highest BCUT2D eigenvalue weighted by Crippen LogP contribution is 2.28. The van der Waals surface area contributed by atoms with Crippen LogP contribution in [0.2, 0.25) is 0 Å². The second-order valence-corrected chi connectivity index (χ2v) is 9.42. The van der Waals surface area contributed by atoms with Crippen molar-refractivity contribution in [3.8, 4) is 0 Å². The first-order valence-electron chi connectivity index (χ1n) is 9.13. The average Bonchev–Trinajstić information content (AvgIpc) is 2.87. The van der Waals surface area contributed by atoms with Gasteiger partial charge in [0.25, 0.3) is 11.8 Å². The highest BCUT2D eigenvalue weighted by molar-refractivity contribution is 7.90. The lowest BCUT2D eigenvalue weighted by Gasteiger charge is -2.28. The van der Waals surface area contributed by atoms with Gasteiger partial charge in [0.15, 0.2) is 0 Å². The summed E-state index contributed by atoms with van der Waals surface area (Å²) in [5, 5.41) is 0. The van der Waals surface area contributed by atoms with E-state index in [0.29, 0.717) is 0 Å². The number of ether oxygens (including phenoxy) is 1. The highest BCUT2D eigenvalue weighted by Gasteiger charge is 2.44. The van der Waals surface area contributed by atoms with Gasteiger partial charge in [-0.05, 0) is 44.2 Å². The fraction of sp³-hybridized carbons (Fsp3) is 0.526. The summed E-state index contributed by atoms with van der Waals surface area (Å²) in [6.07, 6.45) is 5.12. The molecular weight excluding hydrogens is 370 g/mol. The van der Waals surface area contributed by atoms with Crippen molar-refractivity contribution in [3.63, 3.8) is 0 Å². The SMILES string of the molecule is CS(=O)(=O)CC[C@H](C(=O)OC1CCCCC1)N1C(=O)c2ccccc2C1=O. The Bertz CT molecular complexity index is 822. The second-order valence-electron chi connectivity index (χ2n) is 7.16. The summed E-state index contributed by atoms with van der Waals surface area (Å²) < 4.78 is 28.8. The highest BCUT2D eigenvalue weighted by atomic mass is 32.2. The van der Waals surface area contributed by atoms with Crippen molar-refractivity contribution in [2.45, 2.75) is 50.7 Å². The summed E-state index contributed by atoms with van der Waals surface area (Å²) in [5.74, 6) is -2.20. The van der Waals surface area contributed by atoms with Crippen LogP contribution in [0.3, 0.4) is 0 Å². The summed E-state index contributed by atoms with van der Waals surface area (Å²) in [6, 6.07) is 5.08. The van der Waals surface area contributed by atoms with Crippen LogP contribution in [-0.2, 0) is 19.4 Å². The van der Waals surface area contributed by atoms with E-state index >= 15 is 0 Å². The number of hydrogen-bond acceptors (Lipinski definition) is 6. The van der Waals surface area contributed by atoms with E-state index in [4.69, 9.17) is 4.74 Å². The molecule has 0 saturated heterocycles. The van der Waals surface area contributed by atoms with E-state index in [2.05, 4.69) is 0 Å². The standard InChI is InChI=1S/C19H23NO6S/c1-27(24,25)12-11-16(19(23)26-13-7-3-2-4-8-13)20-17(21)14-9-5-6-10-15(14)18(20)22/h5-6,9-10,13,16H,2-4,7-8,11-12H2,1H3/t16-/m1/s1. The number of nitrogens with zero attached hydrogens (tertiary/aromatic N) is 1. The molecule has 0 unspecified atom stereocenters. The molecule has 7 nitrogen and oxygen atoms in total. The zero-order valence-corrected chi connectivity index (χ0v) is 16.0. The van der Waals surface area contributed by atoms with Crippen LogP contribution in [0.25, 0.3) is 0 Å². The zero-order chi connectivity index (χ0) is 19.6. The number of carbonyl (C=O) groups is 3. The average molecular weight is 393 g/mol. The number of imide groups is 1. The molecule has 0 aromatic heterocycles. The molecule has 1 atom stereocenters. The van der Waals surface area contributed by atoms with Crippen LogP contribution in [0.15, 0.2) is 24.3 Å². The first-order valence-corrected chi connectivity index (χ1v) is 11.2. The van der Waals surface area contributed by atoms with Crippen LogP contribution in [0.5, 0.6) is 0 Å². The molecule has 3 rings (SSSR count). The maximum absolute atomic E-state index is 12.8. The molecule has 8 heteroatoms. The van der Waals surface area contributed by atoms with Gasteiger partial charge in [-0.1, -0.05) is 18.6 Å². The lowest BCUT2D eigenvalue weighted by molar-refractivity contribution is -0.155. The molecule has 2 amide bonds. The van der Waals surface area contributed by atoms with Gasteiger partial charge < -0.3 is 4.74 Å². The van der Waals surface area contributed by atoms with Crippen molar-refractivity contribution in [1.82, 2.24) is 4.90 Å². The molecular formula is C19H23NO6S. The largest absolute Gasteiger partial charge is 0.461 e. The summed E-state index contributed by atoms with van der Waals surface area (Å²) in [5.41, 5.74) is 0.439. The molecule has 1 aromatic carbocycles. The molecule has 1 aliphatic heterocycles. The Morgan fingerprint density at radius 3 is 2.19 bits per heavy atom. The van der Waals surface area contributed by atoms with Gasteiger partial charge in [-0.15, -0.1) is 0 Å². The van der Waals surface area contributed by atoms with Gasteiger partial charge in [0.05, 0.1) is 16.9 Å².